The van der Waals surface area contributed by atoms with Gasteiger partial charge < -0.3 is 9.84 Å². The lowest BCUT2D eigenvalue weighted by Crippen LogP contribution is -2.46. The Balaban J connectivity index is 2.13. The Morgan fingerprint density at radius 3 is 2.67 bits per heavy atom. The molecule has 0 aromatic heterocycles. The minimum Gasteiger partial charge on any atom is -0.388 e. The molecule has 2 rings (SSSR count). The van der Waals surface area contributed by atoms with Crippen LogP contribution in [0.15, 0.2) is 23.1 Å². The Morgan fingerprint density at radius 2 is 2.10 bits per heavy atom. The first kappa shape index (κ1) is 16.2. The molecule has 1 aromatic carbocycles. The van der Waals surface area contributed by atoms with E-state index in [1.54, 1.807) is 0 Å². The van der Waals surface area contributed by atoms with E-state index in [0.717, 1.165) is 0 Å². The predicted octanol–water partition coefficient (Wildman–Crippen LogP) is 1.03. The third kappa shape index (κ3) is 3.93. The first-order chi connectivity index (χ1) is 9.86. The SMILES string of the molecule is N#Cc1ccc(S(=O)(=O)NCC2(O)CCOCC2)c(Cl)c1. The largest absolute Gasteiger partial charge is 0.388 e. The van der Waals surface area contributed by atoms with E-state index in [1.807, 2.05) is 6.07 Å². The molecule has 114 valence electrons. The van der Waals surface area contributed by atoms with E-state index in [4.69, 9.17) is 21.6 Å². The number of hydrogen-bond donors (Lipinski definition) is 2. The van der Waals surface area contributed by atoms with Gasteiger partial charge in [-0.15, -0.1) is 0 Å². The van der Waals surface area contributed by atoms with Gasteiger partial charge in [-0.3, -0.25) is 0 Å². The van der Waals surface area contributed by atoms with Crippen LogP contribution in [-0.4, -0.2) is 38.9 Å². The van der Waals surface area contributed by atoms with E-state index >= 15 is 0 Å². The maximum absolute atomic E-state index is 12.2. The second-order valence-electron chi connectivity index (χ2n) is 4.92. The Kier molecular flexibility index (Phi) is 4.86. The standard InChI is InChI=1S/C13H15ClN2O4S/c14-11-7-10(8-15)1-2-12(11)21(18,19)16-9-13(17)3-5-20-6-4-13/h1-2,7,16-17H,3-6,9H2. The average molecular weight is 331 g/mol. The van der Waals surface area contributed by atoms with Crippen molar-refractivity contribution >= 4 is 21.6 Å². The summed E-state index contributed by atoms with van der Waals surface area (Å²) in [6.45, 7) is 0.695. The Bertz CT molecular complexity index is 663. The van der Waals surface area contributed by atoms with Crippen molar-refractivity contribution in [2.24, 2.45) is 0 Å². The van der Waals surface area contributed by atoms with Crippen LogP contribution in [0.1, 0.15) is 18.4 Å². The number of aliphatic hydroxyl groups is 1. The zero-order chi connectivity index (χ0) is 15.5. The molecular weight excluding hydrogens is 316 g/mol. The van der Waals surface area contributed by atoms with Gasteiger partial charge in [0.1, 0.15) is 4.90 Å². The maximum Gasteiger partial charge on any atom is 0.242 e. The van der Waals surface area contributed by atoms with Crippen molar-refractivity contribution in [2.45, 2.75) is 23.3 Å². The van der Waals surface area contributed by atoms with Gasteiger partial charge in [-0.2, -0.15) is 5.26 Å². The molecule has 1 aliphatic rings. The molecule has 21 heavy (non-hydrogen) atoms. The fraction of sp³-hybridized carbons (Fsp3) is 0.462. The number of nitriles is 1. The molecule has 2 N–H and O–H groups in total. The minimum atomic E-state index is -3.85. The van der Waals surface area contributed by atoms with Gasteiger partial charge >= 0.3 is 0 Å². The van der Waals surface area contributed by atoms with Crippen molar-refractivity contribution in [3.63, 3.8) is 0 Å². The van der Waals surface area contributed by atoms with Crippen molar-refractivity contribution in [3.05, 3.63) is 28.8 Å². The van der Waals surface area contributed by atoms with E-state index in [0.29, 0.717) is 26.1 Å². The van der Waals surface area contributed by atoms with Crippen LogP contribution in [0.2, 0.25) is 5.02 Å². The summed E-state index contributed by atoms with van der Waals surface area (Å²) in [6.07, 6.45) is 0.743. The smallest absolute Gasteiger partial charge is 0.242 e. The number of sulfonamides is 1. The lowest BCUT2D eigenvalue weighted by molar-refractivity contribution is -0.0588. The third-order valence-electron chi connectivity index (χ3n) is 3.37. The maximum atomic E-state index is 12.2. The van der Waals surface area contributed by atoms with Crippen LogP contribution >= 0.6 is 11.6 Å². The number of nitrogens with zero attached hydrogens (tertiary/aromatic N) is 1. The molecule has 0 saturated carbocycles. The van der Waals surface area contributed by atoms with Crippen LogP contribution in [0.5, 0.6) is 0 Å². The highest BCUT2D eigenvalue weighted by molar-refractivity contribution is 7.89. The van der Waals surface area contributed by atoms with Gasteiger partial charge in [0.25, 0.3) is 0 Å². The van der Waals surface area contributed by atoms with Crippen LogP contribution in [-0.2, 0) is 14.8 Å². The van der Waals surface area contributed by atoms with Gasteiger partial charge in [-0.25, -0.2) is 13.1 Å². The summed E-state index contributed by atoms with van der Waals surface area (Å²) < 4.78 is 31.9. The van der Waals surface area contributed by atoms with Gasteiger partial charge in [0.2, 0.25) is 10.0 Å². The van der Waals surface area contributed by atoms with Crippen LogP contribution in [0.4, 0.5) is 0 Å². The van der Waals surface area contributed by atoms with Gasteiger partial charge in [-0.05, 0) is 18.2 Å². The lowest BCUT2D eigenvalue weighted by atomic mass is 9.95. The molecule has 1 saturated heterocycles. The summed E-state index contributed by atoms with van der Waals surface area (Å²) in [5.74, 6) is 0. The topological polar surface area (TPSA) is 99.4 Å². The van der Waals surface area contributed by atoms with Gasteiger partial charge in [-0.1, -0.05) is 11.6 Å². The monoisotopic (exact) mass is 330 g/mol. The Morgan fingerprint density at radius 1 is 1.43 bits per heavy atom. The van der Waals surface area contributed by atoms with Crippen molar-refractivity contribution < 1.29 is 18.3 Å². The number of benzene rings is 1. The first-order valence-electron chi connectivity index (χ1n) is 6.36. The van der Waals surface area contributed by atoms with Gasteiger partial charge in [0.05, 0.1) is 22.3 Å². The molecule has 1 fully saturated rings. The fourth-order valence-electron chi connectivity index (χ4n) is 2.02. The molecule has 0 spiro atoms. The van der Waals surface area contributed by atoms with Gasteiger partial charge in [0.15, 0.2) is 0 Å². The average Bonchev–Trinajstić information content (AvgIpc) is 2.46. The number of ether oxygens (including phenoxy) is 1. The predicted molar refractivity (Wildman–Crippen MR) is 76.4 cm³/mol. The summed E-state index contributed by atoms with van der Waals surface area (Å²) >= 11 is 5.90. The number of nitrogens with one attached hydrogen (secondary N) is 1. The summed E-state index contributed by atoms with van der Waals surface area (Å²) in [5.41, 5.74) is -0.827. The first-order valence-corrected chi connectivity index (χ1v) is 8.22. The van der Waals surface area contributed by atoms with E-state index in [-0.39, 0.29) is 22.0 Å². The third-order valence-corrected chi connectivity index (χ3v) is 5.25. The number of hydrogen-bond acceptors (Lipinski definition) is 5. The van der Waals surface area contributed by atoms with Crippen LogP contribution < -0.4 is 4.72 Å². The molecule has 0 amide bonds. The van der Waals surface area contributed by atoms with E-state index in [1.165, 1.54) is 18.2 Å². The molecule has 0 atom stereocenters. The molecule has 0 unspecified atom stereocenters. The van der Waals surface area contributed by atoms with Crippen LogP contribution in [0.3, 0.4) is 0 Å². The fourth-order valence-corrected chi connectivity index (χ4v) is 3.69. The molecule has 1 heterocycles. The zero-order valence-corrected chi connectivity index (χ0v) is 12.7. The summed E-state index contributed by atoms with van der Waals surface area (Å²) in [7, 11) is -3.85. The molecule has 8 heteroatoms. The van der Waals surface area contributed by atoms with Crippen LogP contribution in [0, 0.1) is 11.3 Å². The molecule has 0 bridgehead atoms. The normalized spacial score (nSPS) is 18.1. The highest BCUT2D eigenvalue weighted by Gasteiger charge is 2.32. The van der Waals surface area contributed by atoms with Crippen molar-refractivity contribution in [3.8, 4) is 6.07 Å². The van der Waals surface area contributed by atoms with Crippen molar-refractivity contribution in [2.75, 3.05) is 19.8 Å². The molecule has 0 aliphatic carbocycles. The van der Waals surface area contributed by atoms with Gasteiger partial charge in [0, 0.05) is 32.6 Å². The summed E-state index contributed by atoms with van der Waals surface area (Å²) in [5, 5.41) is 19.0. The Hall–Kier alpha value is -1.17. The highest BCUT2D eigenvalue weighted by Crippen LogP contribution is 2.24. The summed E-state index contributed by atoms with van der Waals surface area (Å²) in [4.78, 5) is -0.112. The zero-order valence-electron chi connectivity index (χ0n) is 11.2. The van der Waals surface area contributed by atoms with E-state index < -0.39 is 15.6 Å². The minimum absolute atomic E-state index is 0.0273. The molecule has 1 aromatic rings. The molecule has 1 aliphatic heterocycles. The van der Waals surface area contributed by atoms with E-state index in [2.05, 4.69) is 4.72 Å². The molecule has 0 radical (unpaired) electrons. The number of rotatable bonds is 4. The lowest BCUT2D eigenvalue weighted by Gasteiger charge is -2.32. The van der Waals surface area contributed by atoms with Crippen molar-refractivity contribution in [1.29, 1.82) is 5.26 Å². The highest BCUT2D eigenvalue weighted by atomic mass is 35.5. The van der Waals surface area contributed by atoms with E-state index in [9.17, 15) is 13.5 Å². The quantitative estimate of drug-likeness (QED) is 0.859. The molecule has 6 nitrogen and oxygen atoms in total. The Labute approximate surface area is 128 Å². The second kappa shape index (κ2) is 6.30. The summed E-state index contributed by atoms with van der Waals surface area (Å²) in [6, 6.07) is 5.83. The molecular formula is C13H15ClN2O4S. The second-order valence-corrected chi connectivity index (χ2v) is 7.06. The van der Waals surface area contributed by atoms with Crippen LogP contribution in [0.25, 0.3) is 0 Å². The van der Waals surface area contributed by atoms with Crippen molar-refractivity contribution in [1.82, 2.24) is 4.72 Å². The number of halogens is 1.